The summed E-state index contributed by atoms with van der Waals surface area (Å²) in [5, 5.41) is 5.36. The van der Waals surface area contributed by atoms with Crippen LogP contribution >= 0.6 is 11.3 Å². The van der Waals surface area contributed by atoms with Crippen LogP contribution in [0.3, 0.4) is 0 Å². The van der Waals surface area contributed by atoms with E-state index >= 15 is 0 Å². The van der Waals surface area contributed by atoms with Gasteiger partial charge in [-0.2, -0.15) is 0 Å². The number of hydrogen-bond acceptors (Lipinski definition) is 5. The van der Waals surface area contributed by atoms with Crippen LogP contribution in [0.4, 0.5) is 10.1 Å². The number of esters is 1. The van der Waals surface area contributed by atoms with Crippen LogP contribution < -0.4 is 5.32 Å². The smallest absolute Gasteiger partial charge is 0.338 e. The fourth-order valence-corrected chi connectivity index (χ4v) is 2.53. The molecule has 0 saturated carbocycles. The second-order valence-corrected chi connectivity index (χ2v) is 5.21. The van der Waals surface area contributed by atoms with Crippen molar-refractivity contribution in [2.24, 2.45) is 0 Å². The fourth-order valence-electron chi connectivity index (χ4n) is 1.79. The van der Waals surface area contributed by atoms with Crippen LogP contribution in [0.25, 0.3) is 0 Å². The number of hydrogen-bond donors (Lipinski definition) is 1. The Kier molecular flexibility index (Phi) is 4.34. The van der Waals surface area contributed by atoms with Crippen molar-refractivity contribution in [2.45, 2.75) is 19.4 Å². The Labute approximate surface area is 120 Å². The van der Waals surface area contributed by atoms with Gasteiger partial charge in [0.2, 0.25) is 0 Å². The lowest BCUT2D eigenvalue weighted by Gasteiger charge is -2.27. The molecule has 20 heavy (non-hydrogen) atoms. The maximum atomic E-state index is 13.3. The number of thiazole rings is 1. The summed E-state index contributed by atoms with van der Waals surface area (Å²) in [6.45, 7) is 3.68. The van der Waals surface area contributed by atoms with E-state index < -0.39 is 11.5 Å². The number of carbonyl (C=O) groups excluding carboxylic acids is 1. The Morgan fingerprint density at radius 2 is 2.35 bits per heavy atom. The molecule has 0 aliphatic carbocycles. The van der Waals surface area contributed by atoms with Gasteiger partial charge in [0.25, 0.3) is 0 Å². The van der Waals surface area contributed by atoms with Gasteiger partial charge < -0.3 is 10.1 Å². The van der Waals surface area contributed by atoms with Crippen molar-refractivity contribution < 1.29 is 13.9 Å². The average molecular weight is 294 g/mol. The Bertz CT molecular complexity index is 589. The van der Waals surface area contributed by atoms with Crippen molar-refractivity contribution in [2.75, 3.05) is 11.9 Å². The first-order valence-corrected chi connectivity index (χ1v) is 7.05. The van der Waals surface area contributed by atoms with E-state index in [4.69, 9.17) is 4.74 Å². The van der Waals surface area contributed by atoms with Gasteiger partial charge in [-0.15, -0.1) is 11.3 Å². The molecule has 0 fully saturated rings. The quantitative estimate of drug-likeness (QED) is 0.861. The molecular weight excluding hydrogens is 279 g/mol. The molecule has 1 aromatic heterocycles. The molecule has 1 N–H and O–H groups in total. The molecule has 0 amide bonds. The third-order valence-electron chi connectivity index (χ3n) is 2.76. The summed E-state index contributed by atoms with van der Waals surface area (Å²) in [4.78, 5) is 16.4. The summed E-state index contributed by atoms with van der Waals surface area (Å²) in [7, 11) is 0. The Balaban J connectivity index is 2.35. The van der Waals surface area contributed by atoms with Crippen LogP contribution in [-0.4, -0.2) is 17.6 Å². The summed E-state index contributed by atoms with van der Waals surface area (Å²) in [5.74, 6) is -0.820. The van der Waals surface area contributed by atoms with Gasteiger partial charge in [-0.25, -0.2) is 14.2 Å². The summed E-state index contributed by atoms with van der Waals surface area (Å²) in [5.41, 5.74) is -0.645. The lowest BCUT2D eigenvalue weighted by atomic mass is 10.0. The monoisotopic (exact) mass is 294 g/mol. The molecule has 0 aliphatic rings. The predicted octanol–water partition coefficient (Wildman–Crippen LogP) is 3.17. The first-order chi connectivity index (χ1) is 9.56. The molecule has 4 nitrogen and oxygen atoms in total. The van der Waals surface area contributed by atoms with E-state index in [1.807, 2.05) is 0 Å². The number of rotatable bonds is 5. The van der Waals surface area contributed by atoms with Crippen LogP contribution in [-0.2, 0) is 15.1 Å². The summed E-state index contributed by atoms with van der Waals surface area (Å²) in [6, 6.07) is 5.93. The highest BCUT2D eigenvalue weighted by molar-refractivity contribution is 7.09. The van der Waals surface area contributed by atoms with E-state index in [2.05, 4.69) is 10.3 Å². The lowest BCUT2D eigenvalue weighted by molar-refractivity contribution is -0.148. The molecule has 0 radical (unpaired) electrons. The molecule has 2 rings (SSSR count). The molecule has 0 aliphatic heterocycles. The van der Waals surface area contributed by atoms with Gasteiger partial charge in [-0.05, 0) is 32.0 Å². The number of anilines is 1. The second-order valence-electron chi connectivity index (χ2n) is 4.32. The SMILES string of the molecule is CCOC(=O)C(C)(Nc1cccc(F)c1)c1nccs1. The van der Waals surface area contributed by atoms with Gasteiger partial charge in [0.05, 0.1) is 6.61 Å². The lowest BCUT2D eigenvalue weighted by Crippen LogP contribution is -2.42. The van der Waals surface area contributed by atoms with Gasteiger partial charge >= 0.3 is 5.97 Å². The van der Waals surface area contributed by atoms with E-state index in [-0.39, 0.29) is 12.4 Å². The number of aromatic nitrogens is 1. The highest BCUT2D eigenvalue weighted by Gasteiger charge is 2.39. The number of nitrogens with zero attached hydrogens (tertiary/aromatic N) is 1. The van der Waals surface area contributed by atoms with Crippen molar-refractivity contribution in [1.82, 2.24) is 4.98 Å². The Hall–Kier alpha value is -1.95. The van der Waals surface area contributed by atoms with Crippen molar-refractivity contribution in [3.63, 3.8) is 0 Å². The Morgan fingerprint density at radius 1 is 1.55 bits per heavy atom. The minimum absolute atomic E-state index is 0.268. The molecule has 0 bridgehead atoms. The predicted molar refractivity (Wildman–Crippen MR) is 76.1 cm³/mol. The van der Waals surface area contributed by atoms with Gasteiger partial charge in [-0.3, -0.25) is 0 Å². The summed E-state index contributed by atoms with van der Waals surface area (Å²) < 4.78 is 18.4. The largest absolute Gasteiger partial charge is 0.464 e. The number of halogens is 1. The molecule has 1 heterocycles. The van der Waals surface area contributed by atoms with Crippen molar-refractivity contribution >= 4 is 23.0 Å². The van der Waals surface area contributed by atoms with E-state index in [9.17, 15) is 9.18 Å². The van der Waals surface area contributed by atoms with Crippen molar-refractivity contribution in [3.8, 4) is 0 Å². The number of benzene rings is 1. The first kappa shape index (κ1) is 14.5. The number of nitrogens with one attached hydrogen (secondary N) is 1. The van der Waals surface area contributed by atoms with Crippen LogP contribution in [0.5, 0.6) is 0 Å². The van der Waals surface area contributed by atoms with E-state index in [0.29, 0.717) is 10.7 Å². The zero-order valence-corrected chi connectivity index (χ0v) is 12.0. The standard InChI is InChI=1S/C14H15FN2O2S/c1-3-19-13(18)14(2,12-16-7-8-20-12)17-11-6-4-5-10(15)9-11/h4-9,17H,3H2,1-2H3. The van der Waals surface area contributed by atoms with Gasteiger partial charge in [0, 0.05) is 17.3 Å². The highest BCUT2D eigenvalue weighted by atomic mass is 32.1. The molecule has 106 valence electrons. The van der Waals surface area contributed by atoms with Crippen LogP contribution in [0.2, 0.25) is 0 Å². The molecule has 0 spiro atoms. The van der Waals surface area contributed by atoms with Crippen molar-refractivity contribution in [3.05, 3.63) is 46.7 Å². The normalized spacial score (nSPS) is 13.6. The summed E-state index contributed by atoms with van der Waals surface area (Å²) >= 11 is 1.34. The zero-order valence-electron chi connectivity index (χ0n) is 11.2. The van der Waals surface area contributed by atoms with Gasteiger partial charge in [0.1, 0.15) is 10.8 Å². The first-order valence-electron chi connectivity index (χ1n) is 6.17. The Morgan fingerprint density at radius 3 is 2.95 bits per heavy atom. The second kappa shape index (κ2) is 6.00. The summed E-state index contributed by atoms with van der Waals surface area (Å²) in [6.07, 6.45) is 1.62. The molecule has 1 unspecified atom stereocenters. The fraction of sp³-hybridized carbons (Fsp3) is 0.286. The molecule has 1 atom stereocenters. The number of carbonyl (C=O) groups is 1. The van der Waals surface area contributed by atoms with E-state index in [1.165, 1.54) is 23.5 Å². The topological polar surface area (TPSA) is 51.2 Å². The maximum absolute atomic E-state index is 13.3. The minimum atomic E-state index is -1.14. The van der Waals surface area contributed by atoms with Crippen LogP contribution in [0, 0.1) is 5.82 Å². The molecule has 6 heteroatoms. The molecule has 0 saturated heterocycles. The van der Waals surface area contributed by atoms with Crippen LogP contribution in [0.15, 0.2) is 35.8 Å². The van der Waals surface area contributed by atoms with Gasteiger partial charge in [-0.1, -0.05) is 6.07 Å². The average Bonchev–Trinajstić information content (AvgIpc) is 2.93. The zero-order chi connectivity index (χ0) is 14.6. The van der Waals surface area contributed by atoms with Crippen molar-refractivity contribution in [1.29, 1.82) is 0 Å². The third-order valence-corrected chi connectivity index (χ3v) is 3.76. The molecule has 2 aromatic rings. The third kappa shape index (κ3) is 2.96. The molecular formula is C14H15FN2O2S. The van der Waals surface area contributed by atoms with E-state index in [0.717, 1.165) is 0 Å². The highest BCUT2D eigenvalue weighted by Crippen LogP contribution is 2.29. The van der Waals surface area contributed by atoms with E-state index in [1.54, 1.807) is 37.6 Å². The maximum Gasteiger partial charge on any atom is 0.338 e. The minimum Gasteiger partial charge on any atom is -0.464 e. The van der Waals surface area contributed by atoms with Gasteiger partial charge in [0.15, 0.2) is 5.54 Å². The van der Waals surface area contributed by atoms with Crippen LogP contribution in [0.1, 0.15) is 18.9 Å². The number of ether oxygens (including phenoxy) is 1. The molecule has 1 aromatic carbocycles.